The third-order valence-corrected chi connectivity index (χ3v) is 9.09. The van der Waals surface area contributed by atoms with Gasteiger partial charge in [0.25, 0.3) is 5.91 Å². The highest BCUT2D eigenvalue weighted by molar-refractivity contribution is 6.00. The number of aromatic nitrogens is 2. The molecule has 0 unspecified atom stereocenters. The van der Waals surface area contributed by atoms with Crippen molar-refractivity contribution in [3.05, 3.63) is 59.3 Å². The number of nitrogens with one attached hydrogen (secondary N) is 4. The summed E-state index contributed by atoms with van der Waals surface area (Å²) in [4.78, 5) is 20.6. The Morgan fingerprint density at radius 2 is 1.71 bits per heavy atom. The van der Waals surface area contributed by atoms with Gasteiger partial charge in [0.1, 0.15) is 17.1 Å². The minimum absolute atomic E-state index is 0.0550. The number of methoxy groups -OCH3 is 1. The summed E-state index contributed by atoms with van der Waals surface area (Å²) < 4.78 is 47.5. The van der Waals surface area contributed by atoms with E-state index in [0.29, 0.717) is 34.9 Å². The van der Waals surface area contributed by atoms with Gasteiger partial charge in [-0.05, 0) is 86.5 Å². The van der Waals surface area contributed by atoms with Gasteiger partial charge < -0.3 is 26.0 Å². The summed E-state index contributed by atoms with van der Waals surface area (Å²) in [6.45, 7) is 1.70. The number of alkyl halides is 3. The number of hydrogen-bond donors (Lipinski definition) is 4. The molecule has 7 rings (SSSR count). The zero-order valence-electron chi connectivity index (χ0n) is 23.8. The van der Waals surface area contributed by atoms with E-state index in [0.717, 1.165) is 23.7 Å². The summed E-state index contributed by atoms with van der Waals surface area (Å²) in [5.41, 5.74) is 1.42. The number of aryl methyl sites for hydroxylation is 1. The fraction of sp³-hybridized carbons (Fsp3) is 0.452. The summed E-state index contributed by atoms with van der Waals surface area (Å²) in [6, 6.07) is 11.0. The summed E-state index contributed by atoms with van der Waals surface area (Å²) in [5, 5.41) is 12.0. The SMILES string of the molecule is CNC(=O)c1cccc(C)c1Nc1nc(Nc2ccc(NC3C4CC5CC(C4)CC3C5)cc2OC)ncc1C(F)(F)F. The molecule has 42 heavy (non-hydrogen) atoms. The molecule has 2 aromatic carbocycles. The zero-order valence-corrected chi connectivity index (χ0v) is 23.8. The van der Waals surface area contributed by atoms with Crippen LogP contribution in [0.4, 0.5) is 42.0 Å². The number of hydrogen-bond acceptors (Lipinski definition) is 7. The number of anilines is 5. The largest absolute Gasteiger partial charge is 0.494 e. The molecule has 3 aromatic rings. The van der Waals surface area contributed by atoms with Crippen molar-refractivity contribution in [3.63, 3.8) is 0 Å². The molecule has 8 nitrogen and oxygen atoms in total. The number of benzene rings is 2. The Balaban J connectivity index is 1.26. The molecule has 1 amide bonds. The standard InChI is InChI=1S/C31H35F3N6O2/c1-16-5-4-6-22(29(41)35-2)26(16)39-28-23(31(32,33)34)15-36-30(40-28)38-24-8-7-21(14-25(24)42-3)37-27-19-10-17-9-18(12-19)13-20(27)11-17/h4-8,14-15,17-20,27,37H,9-13H2,1-3H3,(H,35,41)(H2,36,38,39,40). The van der Waals surface area contributed by atoms with Crippen LogP contribution in [0.15, 0.2) is 42.6 Å². The van der Waals surface area contributed by atoms with Crippen molar-refractivity contribution >= 4 is 34.7 Å². The second-order valence-corrected chi connectivity index (χ2v) is 11.8. The van der Waals surface area contributed by atoms with Crippen LogP contribution in [-0.2, 0) is 6.18 Å². The topological polar surface area (TPSA) is 100 Å². The smallest absolute Gasteiger partial charge is 0.421 e. The summed E-state index contributed by atoms with van der Waals surface area (Å²) in [7, 11) is 3.01. The molecule has 0 saturated heterocycles. The quantitative estimate of drug-likeness (QED) is 0.230. The monoisotopic (exact) mass is 580 g/mol. The van der Waals surface area contributed by atoms with E-state index >= 15 is 0 Å². The first kappa shape index (κ1) is 28.1. The first-order valence-corrected chi connectivity index (χ1v) is 14.4. The molecule has 0 radical (unpaired) electrons. The van der Waals surface area contributed by atoms with E-state index in [9.17, 15) is 18.0 Å². The van der Waals surface area contributed by atoms with E-state index in [1.807, 2.05) is 18.2 Å². The maximum Gasteiger partial charge on any atom is 0.421 e. The highest BCUT2D eigenvalue weighted by Gasteiger charge is 2.48. The van der Waals surface area contributed by atoms with Crippen LogP contribution in [0.25, 0.3) is 0 Å². The van der Waals surface area contributed by atoms with Gasteiger partial charge in [-0.1, -0.05) is 12.1 Å². The average Bonchev–Trinajstić information content (AvgIpc) is 2.95. The van der Waals surface area contributed by atoms with E-state index in [2.05, 4.69) is 31.2 Å². The Labute approximate surface area is 242 Å². The van der Waals surface area contributed by atoms with Gasteiger partial charge in [0, 0.05) is 31.0 Å². The molecule has 4 fully saturated rings. The predicted octanol–water partition coefficient (Wildman–Crippen LogP) is 6.90. The minimum atomic E-state index is -4.72. The highest BCUT2D eigenvalue weighted by Crippen LogP contribution is 2.54. The maximum absolute atomic E-state index is 14.0. The lowest BCUT2D eigenvalue weighted by atomic mass is 9.54. The van der Waals surface area contributed by atoms with Gasteiger partial charge in [0.15, 0.2) is 0 Å². The average molecular weight is 581 g/mol. The number of carbonyl (C=O) groups is 1. The third-order valence-electron chi connectivity index (χ3n) is 9.09. The Morgan fingerprint density at radius 3 is 2.36 bits per heavy atom. The van der Waals surface area contributed by atoms with Gasteiger partial charge in [-0.2, -0.15) is 18.2 Å². The van der Waals surface area contributed by atoms with Crippen LogP contribution in [0.1, 0.15) is 53.6 Å². The lowest BCUT2D eigenvalue weighted by Crippen LogP contribution is -2.51. The summed E-state index contributed by atoms with van der Waals surface area (Å²) in [6.07, 6.45) is 2.61. The van der Waals surface area contributed by atoms with E-state index in [4.69, 9.17) is 4.74 Å². The fourth-order valence-corrected chi connectivity index (χ4v) is 7.38. The van der Waals surface area contributed by atoms with Gasteiger partial charge in [0.05, 0.1) is 24.0 Å². The van der Waals surface area contributed by atoms with Gasteiger partial charge >= 0.3 is 6.18 Å². The van der Waals surface area contributed by atoms with E-state index in [1.54, 1.807) is 26.2 Å². The predicted molar refractivity (Wildman–Crippen MR) is 156 cm³/mol. The molecule has 4 aliphatic rings. The van der Waals surface area contributed by atoms with Crippen LogP contribution in [0.5, 0.6) is 5.75 Å². The van der Waals surface area contributed by atoms with Crippen molar-refractivity contribution in [2.45, 2.75) is 51.2 Å². The van der Waals surface area contributed by atoms with Crippen LogP contribution in [0.3, 0.4) is 0 Å². The molecule has 0 spiro atoms. The maximum atomic E-state index is 14.0. The molecule has 222 valence electrons. The molecular weight excluding hydrogens is 545 g/mol. The number of nitrogens with zero attached hydrogens (tertiary/aromatic N) is 2. The molecule has 11 heteroatoms. The molecule has 4 bridgehead atoms. The van der Waals surface area contributed by atoms with Crippen molar-refractivity contribution in [1.82, 2.24) is 15.3 Å². The van der Waals surface area contributed by atoms with Crippen LogP contribution >= 0.6 is 0 Å². The molecule has 0 aliphatic heterocycles. The van der Waals surface area contributed by atoms with Crippen LogP contribution in [-0.4, -0.2) is 36.1 Å². The second-order valence-electron chi connectivity index (χ2n) is 11.8. The van der Waals surface area contributed by atoms with Gasteiger partial charge in [-0.3, -0.25) is 4.79 Å². The van der Waals surface area contributed by atoms with Gasteiger partial charge in [-0.25, -0.2) is 4.98 Å². The first-order valence-electron chi connectivity index (χ1n) is 14.4. The number of para-hydroxylation sites is 1. The van der Waals surface area contributed by atoms with E-state index in [-0.39, 0.29) is 17.2 Å². The summed E-state index contributed by atoms with van der Waals surface area (Å²) in [5.74, 6) is 2.73. The minimum Gasteiger partial charge on any atom is -0.494 e. The van der Waals surface area contributed by atoms with Crippen molar-refractivity contribution in [1.29, 1.82) is 0 Å². The first-order chi connectivity index (χ1) is 20.1. The Kier molecular flexibility index (Phi) is 7.36. The fourth-order valence-electron chi connectivity index (χ4n) is 7.38. The summed E-state index contributed by atoms with van der Waals surface area (Å²) >= 11 is 0. The number of carbonyl (C=O) groups excluding carboxylic acids is 1. The normalized spacial score (nSPS) is 24.3. The molecule has 4 saturated carbocycles. The number of rotatable bonds is 8. The lowest BCUT2D eigenvalue weighted by molar-refractivity contribution is -0.137. The molecule has 4 N–H and O–H groups in total. The van der Waals surface area contributed by atoms with Crippen molar-refractivity contribution in [2.75, 3.05) is 30.1 Å². The molecule has 1 aromatic heterocycles. The van der Waals surface area contributed by atoms with Gasteiger partial charge in [-0.15, -0.1) is 0 Å². The lowest BCUT2D eigenvalue weighted by Gasteiger charge is -2.54. The Morgan fingerprint density at radius 1 is 1.00 bits per heavy atom. The van der Waals surface area contributed by atoms with E-state index < -0.39 is 23.5 Å². The van der Waals surface area contributed by atoms with Crippen LogP contribution < -0.4 is 26.0 Å². The molecule has 0 atom stereocenters. The number of amides is 1. The van der Waals surface area contributed by atoms with Crippen LogP contribution in [0.2, 0.25) is 0 Å². The van der Waals surface area contributed by atoms with Crippen molar-refractivity contribution in [2.24, 2.45) is 23.7 Å². The van der Waals surface area contributed by atoms with E-state index in [1.165, 1.54) is 45.2 Å². The second kappa shape index (κ2) is 11.0. The number of halogens is 3. The molecule has 1 heterocycles. The van der Waals surface area contributed by atoms with Crippen molar-refractivity contribution < 1.29 is 22.7 Å². The zero-order chi connectivity index (χ0) is 29.6. The van der Waals surface area contributed by atoms with Gasteiger partial charge in [0.2, 0.25) is 5.95 Å². The highest BCUT2D eigenvalue weighted by atomic mass is 19.4. The van der Waals surface area contributed by atoms with Crippen molar-refractivity contribution in [3.8, 4) is 5.75 Å². The Hall–Kier alpha value is -4.02. The molecule has 4 aliphatic carbocycles. The number of ether oxygens (including phenoxy) is 1. The third kappa shape index (κ3) is 5.44. The Bertz CT molecular complexity index is 1470. The molecular formula is C31H35F3N6O2. The van der Waals surface area contributed by atoms with Crippen LogP contribution in [0, 0.1) is 30.6 Å².